The van der Waals surface area contributed by atoms with Gasteiger partial charge in [0.25, 0.3) is 0 Å². The first kappa shape index (κ1) is 13.3. The third-order valence-corrected chi connectivity index (χ3v) is 5.80. The summed E-state index contributed by atoms with van der Waals surface area (Å²) in [5.41, 5.74) is 9.98. The molecule has 0 fully saturated rings. The van der Waals surface area contributed by atoms with Crippen molar-refractivity contribution in [2.75, 3.05) is 0 Å². The molecular weight excluding hydrogens is 306 g/mol. The first-order valence-corrected chi connectivity index (χ1v) is 8.79. The summed E-state index contributed by atoms with van der Waals surface area (Å²) < 4.78 is 6.11. The highest BCUT2D eigenvalue weighted by Gasteiger charge is 2.31. The largest absolute Gasteiger partial charge is 0.456 e. The highest BCUT2D eigenvalue weighted by Crippen LogP contribution is 2.51. The average Bonchev–Trinajstić information content (AvgIpc) is 3.25. The van der Waals surface area contributed by atoms with Crippen molar-refractivity contribution in [2.24, 2.45) is 0 Å². The van der Waals surface area contributed by atoms with E-state index in [0.29, 0.717) is 5.92 Å². The molecule has 2 nitrogen and oxygen atoms in total. The predicted octanol–water partition coefficient (Wildman–Crippen LogP) is 6.51. The van der Waals surface area contributed by atoms with Gasteiger partial charge in [-0.3, -0.25) is 0 Å². The van der Waals surface area contributed by atoms with E-state index in [2.05, 4.69) is 67.4 Å². The molecule has 6 rings (SSSR count). The quantitative estimate of drug-likeness (QED) is 0.346. The maximum Gasteiger partial charge on any atom is 0.136 e. The minimum absolute atomic E-state index is 0.388. The third-order valence-electron chi connectivity index (χ3n) is 5.80. The summed E-state index contributed by atoms with van der Waals surface area (Å²) in [6.45, 7) is 4.54. The van der Waals surface area contributed by atoms with Gasteiger partial charge in [0.15, 0.2) is 0 Å². The zero-order chi connectivity index (χ0) is 16.7. The van der Waals surface area contributed by atoms with Gasteiger partial charge in [0.05, 0.1) is 5.69 Å². The normalized spacial score (nSPS) is 16.0. The Hall–Kier alpha value is -3.00. The standard InChI is InChI=1S/C23H17NO/c1-12-6-5-8-15-19(12)13(2)20-22-16(24-23(15)20)10-11-18-21(22)14-7-3-4-9-17(14)25-18/h3-11,13,24H,1-2H3. The number of hydrogen-bond acceptors (Lipinski definition) is 1. The summed E-state index contributed by atoms with van der Waals surface area (Å²) in [6.07, 6.45) is 0. The molecule has 0 amide bonds. The van der Waals surface area contributed by atoms with E-state index < -0.39 is 0 Å². The second-order valence-corrected chi connectivity index (χ2v) is 7.13. The van der Waals surface area contributed by atoms with Crippen molar-refractivity contribution in [3.63, 3.8) is 0 Å². The molecule has 1 N–H and O–H groups in total. The minimum atomic E-state index is 0.388. The lowest BCUT2D eigenvalue weighted by Gasteiger charge is -2.10. The Kier molecular flexibility index (Phi) is 2.31. The molecule has 0 saturated heterocycles. The molecule has 1 aliphatic rings. The van der Waals surface area contributed by atoms with Crippen molar-refractivity contribution in [1.29, 1.82) is 0 Å². The number of H-pyrrole nitrogens is 1. The van der Waals surface area contributed by atoms with Crippen LogP contribution in [0.25, 0.3) is 44.1 Å². The van der Waals surface area contributed by atoms with Gasteiger partial charge in [-0.15, -0.1) is 0 Å². The molecule has 2 heterocycles. The SMILES string of the molecule is Cc1cccc2c1C(C)c1c-2[nH]c2ccc3oc4ccccc4c3c12. The molecule has 1 aliphatic carbocycles. The van der Waals surface area contributed by atoms with E-state index in [9.17, 15) is 0 Å². The lowest BCUT2D eigenvalue weighted by molar-refractivity contribution is 0.669. The van der Waals surface area contributed by atoms with Crippen molar-refractivity contribution >= 4 is 32.8 Å². The zero-order valence-electron chi connectivity index (χ0n) is 14.2. The van der Waals surface area contributed by atoms with E-state index >= 15 is 0 Å². The van der Waals surface area contributed by atoms with Crippen molar-refractivity contribution < 1.29 is 4.42 Å². The molecule has 0 radical (unpaired) electrons. The Morgan fingerprint density at radius 1 is 0.840 bits per heavy atom. The number of aromatic nitrogens is 1. The fraction of sp³-hybridized carbons (Fsp3) is 0.130. The highest BCUT2D eigenvalue weighted by atomic mass is 16.3. The molecule has 2 aromatic heterocycles. The molecule has 5 aromatic rings. The Balaban J connectivity index is 1.84. The van der Waals surface area contributed by atoms with Crippen LogP contribution >= 0.6 is 0 Å². The summed E-state index contributed by atoms with van der Waals surface area (Å²) in [4.78, 5) is 3.69. The van der Waals surface area contributed by atoms with Gasteiger partial charge in [-0.1, -0.05) is 43.3 Å². The molecule has 25 heavy (non-hydrogen) atoms. The van der Waals surface area contributed by atoms with E-state index in [-0.39, 0.29) is 0 Å². The van der Waals surface area contributed by atoms with Crippen LogP contribution in [-0.2, 0) is 0 Å². The molecule has 0 spiro atoms. The van der Waals surface area contributed by atoms with Gasteiger partial charge in [-0.2, -0.15) is 0 Å². The first-order valence-electron chi connectivity index (χ1n) is 8.79. The number of aryl methyl sites for hydroxylation is 1. The number of furan rings is 1. The number of fused-ring (bicyclic) bond motifs is 9. The Bertz CT molecular complexity index is 1320. The summed E-state index contributed by atoms with van der Waals surface area (Å²) in [5, 5.41) is 3.76. The van der Waals surface area contributed by atoms with Crippen LogP contribution in [0.15, 0.2) is 59.0 Å². The maximum absolute atomic E-state index is 6.11. The van der Waals surface area contributed by atoms with E-state index in [1.165, 1.54) is 49.6 Å². The fourth-order valence-corrected chi connectivity index (χ4v) is 4.79. The van der Waals surface area contributed by atoms with Gasteiger partial charge in [-0.25, -0.2) is 0 Å². The number of hydrogen-bond donors (Lipinski definition) is 1. The lowest BCUT2D eigenvalue weighted by atomic mass is 9.92. The molecule has 3 aromatic carbocycles. The molecule has 1 atom stereocenters. The monoisotopic (exact) mass is 323 g/mol. The third kappa shape index (κ3) is 1.50. The van der Waals surface area contributed by atoms with Gasteiger partial charge in [0, 0.05) is 33.2 Å². The summed E-state index contributed by atoms with van der Waals surface area (Å²) >= 11 is 0. The molecular formula is C23H17NO. The van der Waals surface area contributed by atoms with Gasteiger partial charge in [-0.05, 0) is 41.8 Å². The van der Waals surface area contributed by atoms with Gasteiger partial charge < -0.3 is 9.40 Å². The summed E-state index contributed by atoms with van der Waals surface area (Å²) in [7, 11) is 0. The highest BCUT2D eigenvalue weighted by molar-refractivity contribution is 6.21. The second kappa shape index (κ2) is 4.34. The predicted molar refractivity (Wildman–Crippen MR) is 103 cm³/mol. The van der Waals surface area contributed by atoms with Crippen LogP contribution < -0.4 is 0 Å². The van der Waals surface area contributed by atoms with E-state index in [1.807, 2.05) is 6.07 Å². The van der Waals surface area contributed by atoms with Crippen molar-refractivity contribution in [3.05, 3.63) is 71.3 Å². The smallest absolute Gasteiger partial charge is 0.136 e. The molecule has 1 unspecified atom stereocenters. The van der Waals surface area contributed by atoms with Gasteiger partial charge in [0.2, 0.25) is 0 Å². The van der Waals surface area contributed by atoms with Crippen LogP contribution in [-0.4, -0.2) is 4.98 Å². The van der Waals surface area contributed by atoms with Crippen LogP contribution in [0, 0.1) is 6.92 Å². The molecule has 0 saturated carbocycles. The Labute approximate surface area is 145 Å². The molecule has 120 valence electrons. The van der Waals surface area contributed by atoms with Crippen LogP contribution in [0.2, 0.25) is 0 Å². The topological polar surface area (TPSA) is 28.9 Å². The number of aromatic amines is 1. The van der Waals surface area contributed by atoms with Crippen LogP contribution in [0.5, 0.6) is 0 Å². The van der Waals surface area contributed by atoms with Crippen molar-refractivity contribution in [1.82, 2.24) is 4.98 Å². The number of rotatable bonds is 0. The number of para-hydroxylation sites is 1. The lowest BCUT2D eigenvalue weighted by Crippen LogP contribution is -1.93. The van der Waals surface area contributed by atoms with Crippen LogP contribution in [0.1, 0.15) is 29.5 Å². The minimum Gasteiger partial charge on any atom is -0.456 e. The molecule has 0 aliphatic heterocycles. The maximum atomic E-state index is 6.11. The second-order valence-electron chi connectivity index (χ2n) is 7.13. The Morgan fingerprint density at radius 3 is 2.64 bits per heavy atom. The van der Waals surface area contributed by atoms with Crippen LogP contribution in [0.3, 0.4) is 0 Å². The fourth-order valence-electron chi connectivity index (χ4n) is 4.79. The number of benzene rings is 3. The van der Waals surface area contributed by atoms with E-state index in [0.717, 1.165) is 11.2 Å². The summed E-state index contributed by atoms with van der Waals surface area (Å²) in [5.74, 6) is 0.388. The van der Waals surface area contributed by atoms with Gasteiger partial charge in [0.1, 0.15) is 11.2 Å². The molecule has 2 heteroatoms. The Morgan fingerprint density at radius 2 is 1.72 bits per heavy atom. The molecule has 0 bridgehead atoms. The van der Waals surface area contributed by atoms with Crippen LogP contribution in [0.4, 0.5) is 0 Å². The van der Waals surface area contributed by atoms with E-state index in [1.54, 1.807) is 0 Å². The summed E-state index contributed by atoms with van der Waals surface area (Å²) in [6, 6.07) is 19.2. The zero-order valence-corrected chi connectivity index (χ0v) is 14.2. The van der Waals surface area contributed by atoms with Gasteiger partial charge >= 0.3 is 0 Å². The van der Waals surface area contributed by atoms with Crippen molar-refractivity contribution in [3.8, 4) is 11.3 Å². The number of nitrogens with one attached hydrogen (secondary N) is 1. The van der Waals surface area contributed by atoms with Crippen molar-refractivity contribution in [2.45, 2.75) is 19.8 Å². The van der Waals surface area contributed by atoms with E-state index in [4.69, 9.17) is 4.42 Å². The average molecular weight is 323 g/mol. The first-order chi connectivity index (χ1) is 12.2.